The highest BCUT2D eigenvalue weighted by molar-refractivity contribution is 7.15. The summed E-state index contributed by atoms with van der Waals surface area (Å²) < 4.78 is 0. The Kier molecular flexibility index (Phi) is 2.00. The second-order valence-corrected chi connectivity index (χ2v) is 4.73. The Morgan fingerprint density at radius 2 is 2.17 bits per heavy atom. The minimum Gasteiger partial charge on any atom is -0.357 e. The summed E-state index contributed by atoms with van der Waals surface area (Å²) in [5, 5.41) is 13.4. The summed E-state index contributed by atoms with van der Waals surface area (Å²) in [6.07, 6.45) is 2.55. The van der Waals surface area contributed by atoms with Gasteiger partial charge in [-0.05, 0) is 25.7 Å². The molecule has 0 unspecified atom stereocenters. The summed E-state index contributed by atoms with van der Waals surface area (Å²) in [6.45, 7) is 4.26. The van der Waals surface area contributed by atoms with E-state index in [-0.39, 0.29) is 0 Å². The summed E-state index contributed by atoms with van der Waals surface area (Å²) in [5.74, 6) is 0.886. The number of hydrogen-bond donors (Lipinski definition) is 1. The van der Waals surface area contributed by atoms with Crippen LogP contribution in [0.2, 0.25) is 0 Å². The predicted molar refractivity (Wildman–Crippen MR) is 50.5 cm³/mol. The monoisotopic (exact) mass is 183 g/mol. The normalized spacial score (nSPS) is 28.2. The van der Waals surface area contributed by atoms with E-state index in [4.69, 9.17) is 0 Å². The molecular weight excluding hydrogens is 170 g/mol. The van der Waals surface area contributed by atoms with Gasteiger partial charge >= 0.3 is 0 Å². The molecule has 0 spiro atoms. The predicted octanol–water partition coefficient (Wildman–Crippen LogP) is 2.06. The van der Waals surface area contributed by atoms with E-state index in [0.717, 1.165) is 16.1 Å². The molecule has 1 fully saturated rings. The van der Waals surface area contributed by atoms with Crippen molar-refractivity contribution in [3.8, 4) is 0 Å². The van der Waals surface area contributed by atoms with Crippen LogP contribution in [-0.2, 0) is 0 Å². The lowest BCUT2D eigenvalue weighted by molar-refractivity contribution is 0.309. The fraction of sp³-hybridized carbons (Fsp3) is 0.750. The number of rotatable bonds is 2. The highest BCUT2D eigenvalue weighted by Crippen LogP contribution is 2.30. The minimum absolute atomic E-state index is 0.646. The molecule has 0 radical (unpaired) electrons. The first-order chi connectivity index (χ1) is 5.74. The van der Waals surface area contributed by atoms with Crippen LogP contribution in [0.15, 0.2) is 0 Å². The van der Waals surface area contributed by atoms with E-state index in [9.17, 15) is 0 Å². The van der Waals surface area contributed by atoms with E-state index >= 15 is 0 Å². The van der Waals surface area contributed by atoms with Crippen LogP contribution in [0, 0.1) is 12.8 Å². The molecule has 12 heavy (non-hydrogen) atoms. The van der Waals surface area contributed by atoms with Crippen LogP contribution in [0.4, 0.5) is 5.13 Å². The molecule has 0 amide bonds. The quantitative estimate of drug-likeness (QED) is 0.762. The van der Waals surface area contributed by atoms with Crippen molar-refractivity contribution in [2.45, 2.75) is 32.7 Å². The van der Waals surface area contributed by atoms with E-state index in [1.807, 2.05) is 6.92 Å². The third-order valence-electron chi connectivity index (χ3n) is 2.23. The highest BCUT2D eigenvalue weighted by Gasteiger charge is 2.25. The SMILES string of the molecule is Cc1nnc(NC2CC(C)C2)s1. The molecule has 2 rings (SSSR count). The van der Waals surface area contributed by atoms with E-state index in [2.05, 4.69) is 22.4 Å². The average Bonchev–Trinajstić information content (AvgIpc) is 2.33. The van der Waals surface area contributed by atoms with Crippen molar-refractivity contribution < 1.29 is 0 Å². The molecule has 0 saturated heterocycles. The molecule has 1 aliphatic carbocycles. The van der Waals surface area contributed by atoms with Crippen LogP contribution < -0.4 is 5.32 Å². The Morgan fingerprint density at radius 3 is 2.67 bits per heavy atom. The van der Waals surface area contributed by atoms with Crippen molar-refractivity contribution in [1.82, 2.24) is 10.2 Å². The Morgan fingerprint density at radius 1 is 1.42 bits per heavy atom. The van der Waals surface area contributed by atoms with Gasteiger partial charge in [0, 0.05) is 6.04 Å². The van der Waals surface area contributed by atoms with Gasteiger partial charge in [-0.25, -0.2) is 0 Å². The van der Waals surface area contributed by atoms with Gasteiger partial charge in [-0.1, -0.05) is 18.3 Å². The van der Waals surface area contributed by atoms with Crippen LogP contribution in [0.25, 0.3) is 0 Å². The van der Waals surface area contributed by atoms with Gasteiger partial charge in [0.15, 0.2) is 0 Å². The summed E-state index contributed by atoms with van der Waals surface area (Å²) in [7, 11) is 0. The van der Waals surface area contributed by atoms with Gasteiger partial charge in [0.2, 0.25) is 5.13 Å². The summed E-state index contributed by atoms with van der Waals surface area (Å²) >= 11 is 1.63. The fourth-order valence-electron chi connectivity index (χ4n) is 1.55. The van der Waals surface area contributed by atoms with Gasteiger partial charge in [0.1, 0.15) is 5.01 Å². The maximum absolute atomic E-state index is 4.02. The second-order valence-electron chi connectivity index (χ2n) is 3.54. The van der Waals surface area contributed by atoms with Crippen molar-refractivity contribution in [2.24, 2.45) is 5.92 Å². The zero-order valence-corrected chi connectivity index (χ0v) is 8.19. The third kappa shape index (κ3) is 1.58. The van der Waals surface area contributed by atoms with Gasteiger partial charge in [-0.15, -0.1) is 10.2 Å². The van der Waals surface area contributed by atoms with Crippen molar-refractivity contribution in [1.29, 1.82) is 0 Å². The van der Waals surface area contributed by atoms with Gasteiger partial charge < -0.3 is 5.32 Å². The fourth-order valence-corrected chi connectivity index (χ4v) is 2.22. The van der Waals surface area contributed by atoms with Crippen molar-refractivity contribution >= 4 is 16.5 Å². The van der Waals surface area contributed by atoms with Gasteiger partial charge in [-0.2, -0.15) is 0 Å². The van der Waals surface area contributed by atoms with E-state index in [0.29, 0.717) is 6.04 Å². The largest absolute Gasteiger partial charge is 0.357 e. The molecule has 0 aliphatic heterocycles. The first-order valence-electron chi connectivity index (χ1n) is 4.30. The Labute approximate surface area is 76.2 Å². The van der Waals surface area contributed by atoms with Gasteiger partial charge in [-0.3, -0.25) is 0 Å². The lowest BCUT2D eigenvalue weighted by Crippen LogP contribution is -2.33. The maximum atomic E-state index is 4.02. The first kappa shape index (κ1) is 7.98. The third-order valence-corrected chi connectivity index (χ3v) is 3.00. The Balaban J connectivity index is 1.88. The zero-order valence-electron chi connectivity index (χ0n) is 7.37. The summed E-state index contributed by atoms with van der Waals surface area (Å²) in [4.78, 5) is 0. The van der Waals surface area contributed by atoms with Gasteiger partial charge in [0.25, 0.3) is 0 Å². The van der Waals surface area contributed by atoms with Crippen LogP contribution in [0.3, 0.4) is 0 Å². The molecule has 1 aromatic heterocycles. The van der Waals surface area contributed by atoms with Crippen molar-refractivity contribution in [3.63, 3.8) is 0 Å². The lowest BCUT2D eigenvalue weighted by atomic mass is 9.82. The zero-order chi connectivity index (χ0) is 8.55. The van der Waals surface area contributed by atoms with E-state index < -0.39 is 0 Å². The molecule has 66 valence electrons. The van der Waals surface area contributed by atoms with Crippen LogP contribution in [0.5, 0.6) is 0 Å². The molecule has 1 aliphatic rings. The van der Waals surface area contributed by atoms with E-state index in [1.54, 1.807) is 11.3 Å². The molecule has 1 saturated carbocycles. The van der Waals surface area contributed by atoms with Gasteiger partial charge in [0.05, 0.1) is 0 Å². The molecule has 0 atom stereocenters. The highest BCUT2D eigenvalue weighted by atomic mass is 32.1. The molecular formula is C8H13N3S. The number of aromatic nitrogens is 2. The average molecular weight is 183 g/mol. The van der Waals surface area contributed by atoms with E-state index in [1.165, 1.54) is 12.8 Å². The smallest absolute Gasteiger partial charge is 0.205 e. The number of anilines is 1. The number of hydrogen-bond acceptors (Lipinski definition) is 4. The van der Waals surface area contributed by atoms with Crippen molar-refractivity contribution in [2.75, 3.05) is 5.32 Å². The molecule has 4 heteroatoms. The first-order valence-corrected chi connectivity index (χ1v) is 5.12. The molecule has 1 aromatic rings. The lowest BCUT2D eigenvalue weighted by Gasteiger charge is -2.32. The number of aryl methyl sites for hydroxylation is 1. The van der Waals surface area contributed by atoms with Crippen LogP contribution in [0.1, 0.15) is 24.8 Å². The number of nitrogens with one attached hydrogen (secondary N) is 1. The standard InChI is InChI=1S/C8H13N3S/c1-5-3-7(4-5)9-8-11-10-6(2)12-8/h5,7H,3-4H2,1-2H3,(H,9,11). The Bertz CT molecular complexity index is 265. The van der Waals surface area contributed by atoms with Crippen molar-refractivity contribution in [3.05, 3.63) is 5.01 Å². The molecule has 0 aromatic carbocycles. The molecule has 0 bridgehead atoms. The second kappa shape index (κ2) is 3.01. The molecule has 3 nitrogen and oxygen atoms in total. The van der Waals surface area contributed by atoms with Crippen LogP contribution >= 0.6 is 11.3 Å². The maximum Gasteiger partial charge on any atom is 0.205 e. The van der Waals surface area contributed by atoms with Crippen LogP contribution in [-0.4, -0.2) is 16.2 Å². The number of nitrogens with zero attached hydrogens (tertiary/aromatic N) is 2. The molecule has 1 N–H and O–H groups in total. The summed E-state index contributed by atoms with van der Waals surface area (Å²) in [5.41, 5.74) is 0. The molecule has 1 heterocycles. The topological polar surface area (TPSA) is 37.8 Å². The summed E-state index contributed by atoms with van der Waals surface area (Å²) in [6, 6.07) is 0.646. The Hall–Kier alpha value is -0.640. The minimum atomic E-state index is 0.646.